The minimum Gasteiger partial charge on any atom is -0.390 e. The lowest BCUT2D eigenvalue weighted by Crippen LogP contribution is -2.67. The molecular formula is C20H30O8. The van der Waals surface area contributed by atoms with Crippen LogP contribution in [0.3, 0.4) is 0 Å². The van der Waals surface area contributed by atoms with E-state index in [0.29, 0.717) is 13.0 Å². The van der Waals surface area contributed by atoms with Crippen molar-refractivity contribution in [2.75, 3.05) is 13.2 Å². The number of rotatable bonds is 0. The van der Waals surface area contributed by atoms with Gasteiger partial charge in [0.2, 0.25) is 0 Å². The summed E-state index contributed by atoms with van der Waals surface area (Å²) in [6.45, 7) is 8.39. The van der Waals surface area contributed by atoms with Crippen LogP contribution in [0.1, 0.15) is 34.1 Å². The Bertz CT molecular complexity index is 738. The molecule has 0 bridgehead atoms. The first-order chi connectivity index (χ1) is 13.0. The number of ether oxygens (including phenoxy) is 4. The Morgan fingerprint density at radius 3 is 2.43 bits per heavy atom. The van der Waals surface area contributed by atoms with Crippen molar-refractivity contribution in [1.82, 2.24) is 0 Å². The molecule has 4 saturated heterocycles. The molecule has 4 aliphatic heterocycles. The Morgan fingerprint density at radius 1 is 1.04 bits per heavy atom. The standard InChI is InChI=1S/C20H30O8/c1-8-6-25-10-5-17-13-11(22)12(16(2,3)4)18(17)9(21)7-26-15(18)28-20(17,14(23)27-13)19(8,10)24/h8-15,21-24H,5-7H2,1-4H3/t8-,9?,10?,11-,12+,13?,14?,15?,17?,18?,19-,20-/m1/s1. The summed E-state index contributed by atoms with van der Waals surface area (Å²) >= 11 is 0. The number of hydrogen-bond donors (Lipinski definition) is 4. The van der Waals surface area contributed by atoms with Crippen LogP contribution in [0.2, 0.25) is 0 Å². The van der Waals surface area contributed by atoms with Gasteiger partial charge in [0, 0.05) is 11.8 Å². The zero-order valence-electron chi connectivity index (χ0n) is 16.7. The predicted molar refractivity (Wildman–Crippen MR) is 92.7 cm³/mol. The molecule has 8 heteroatoms. The van der Waals surface area contributed by atoms with E-state index in [9.17, 15) is 20.4 Å². The number of hydrogen-bond acceptors (Lipinski definition) is 8. The van der Waals surface area contributed by atoms with Crippen molar-refractivity contribution in [3.63, 3.8) is 0 Å². The molecule has 7 unspecified atom stereocenters. The molecule has 28 heavy (non-hydrogen) atoms. The molecule has 0 amide bonds. The average molecular weight is 398 g/mol. The van der Waals surface area contributed by atoms with E-state index in [1.165, 1.54) is 0 Å². The van der Waals surface area contributed by atoms with Crippen molar-refractivity contribution in [2.24, 2.45) is 28.1 Å². The molecule has 12 atom stereocenters. The SMILES string of the molecule is C[C@@H]1COC2CC34C5OC(O)[C@]3(OC3OCC(O)C34[C@H](C(C)(C)C)[C@H]5O)[C@]21O. The van der Waals surface area contributed by atoms with Crippen LogP contribution in [0.5, 0.6) is 0 Å². The van der Waals surface area contributed by atoms with E-state index in [0.717, 1.165) is 0 Å². The zero-order chi connectivity index (χ0) is 20.1. The molecule has 0 radical (unpaired) electrons. The first-order valence-corrected chi connectivity index (χ1v) is 10.3. The number of aliphatic hydroxyl groups excluding tert-OH is 3. The van der Waals surface area contributed by atoms with Crippen molar-refractivity contribution in [1.29, 1.82) is 0 Å². The van der Waals surface area contributed by atoms with Crippen molar-refractivity contribution >= 4 is 0 Å². The fraction of sp³-hybridized carbons (Fsp3) is 1.00. The third-order valence-electron chi connectivity index (χ3n) is 9.18. The summed E-state index contributed by atoms with van der Waals surface area (Å²) in [6.07, 6.45) is -5.10. The van der Waals surface area contributed by atoms with Gasteiger partial charge in [-0.2, -0.15) is 0 Å². The topological polar surface area (TPSA) is 118 Å². The summed E-state index contributed by atoms with van der Waals surface area (Å²) in [7, 11) is 0. The summed E-state index contributed by atoms with van der Waals surface area (Å²) in [6, 6.07) is 0. The molecule has 0 aromatic carbocycles. The lowest BCUT2D eigenvalue weighted by Gasteiger charge is -2.49. The monoisotopic (exact) mass is 398 g/mol. The minimum atomic E-state index is -1.52. The Morgan fingerprint density at radius 2 is 1.75 bits per heavy atom. The highest BCUT2D eigenvalue weighted by atomic mass is 16.8. The van der Waals surface area contributed by atoms with Crippen LogP contribution in [-0.2, 0) is 18.9 Å². The van der Waals surface area contributed by atoms with Gasteiger partial charge in [-0.15, -0.1) is 0 Å². The van der Waals surface area contributed by atoms with Gasteiger partial charge in [0.25, 0.3) is 0 Å². The predicted octanol–water partition coefficient (Wildman–Crippen LogP) is -0.631. The van der Waals surface area contributed by atoms with Crippen LogP contribution in [0.15, 0.2) is 0 Å². The molecule has 8 nitrogen and oxygen atoms in total. The fourth-order valence-corrected chi connectivity index (χ4v) is 8.66. The van der Waals surface area contributed by atoms with Gasteiger partial charge in [-0.1, -0.05) is 27.7 Å². The van der Waals surface area contributed by atoms with Crippen LogP contribution in [0.25, 0.3) is 0 Å². The first kappa shape index (κ1) is 18.4. The highest BCUT2D eigenvalue weighted by Gasteiger charge is 2.99. The molecular weight excluding hydrogens is 368 g/mol. The van der Waals surface area contributed by atoms with Gasteiger partial charge in [-0.3, -0.25) is 0 Å². The van der Waals surface area contributed by atoms with Gasteiger partial charge >= 0.3 is 0 Å². The Kier molecular flexibility index (Phi) is 3.15. The largest absolute Gasteiger partial charge is 0.390 e. The number of fused-ring (bicyclic) bond motifs is 1. The van der Waals surface area contributed by atoms with E-state index in [-0.39, 0.29) is 12.5 Å². The Labute approximate surface area is 163 Å². The highest BCUT2D eigenvalue weighted by molar-refractivity contribution is 5.43. The minimum absolute atomic E-state index is 0.0874. The molecule has 6 fully saturated rings. The molecule has 2 aliphatic carbocycles. The lowest BCUT2D eigenvalue weighted by molar-refractivity contribution is -0.296. The smallest absolute Gasteiger partial charge is 0.188 e. The molecule has 0 aromatic rings. The Hall–Kier alpha value is -0.320. The van der Waals surface area contributed by atoms with Crippen LogP contribution >= 0.6 is 0 Å². The average Bonchev–Trinajstić information content (AvgIpc) is 3.31. The summed E-state index contributed by atoms with van der Waals surface area (Å²) in [5.74, 6) is -0.702. The molecule has 2 saturated carbocycles. The van der Waals surface area contributed by atoms with Crippen LogP contribution in [0, 0.1) is 28.1 Å². The summed E-state index contributed by atoms with van der Waals surface area (Å²) in [5.41, 5.74) is -5.42. The Balaban J connectivity index is 1.68. The molecule has 2 spiro atoms. The van der Waals surface area contributed by atoms with Crippen molar-refractivity contribution in [3.8, 4) is 0 Å². The molecule has 4 N–H and O–H groups in total. The maximum Gasteiger partial charge on any atom is 0.188 e. The van der Waals surface area contributed by atoms with Crippen molar-refractivity contribution in [2.45, 2.75) is 82.3 Å². The van der Waals surface area contributed by atoms with Gasteiger partial charge in [0.1, 0.15) is 5.60 Å². The lowest BCUT2D eigenvalue weighted by atomic mass is 9.51. The maximum absolute atomic E-state index is 12.0. The van der Waals surface area contributed by atoms with Gasteiger partial charge < -0.3 is 39.4 Å². The van der Waals surface area contributed by atoms with E-state index in [1.54, 1.807) is 0 Å². The molecule has 158 valence electrons. The third kappa shape index (κ3) is 1.37. The van der Waals surface area contributed by atoms with Crippen LogP contribution in [0.4, 0.5) is 0 Å². The summed E-state index contributed by atoms with van der Waals surface area (Å²) in [5, 5.41) is 45.9. The van der Waals surface area contributed by atoms with E-state index < -0.39 is 70.4 Å². The van der Waals surface area contributed by atoms with Crippen molar-refractivity contribution in [3.05, 3.63) is 0 Å². The molecule has 6 aliphatic rings. The van der Waals surface area contributed by atoms with E-state index in [4.69, 9.17) is 18.9 Å². The molecule has 4 heterocycles. The summed E-state index contributed by atoms with van der Waals surface area (Å²) < 4.78 is 24.3. The second-order valence-electron chi connectivity index (χ2n) is 10.9. The third-order valence-corrected chi connectivity index (χ3v) is 9.18. The van der Waals surface area contributed by atoms with Gasteiger partial charge in [0.05, 0.1) is 48.5 Å². The van der Waals surface area contributed by atoms with Crippen LogP contribution < -0.4 is 0 Å². The molecule has 0 aromatic heterocycles. The number of aliphatic hydroxyl groups is 4. The maximum atomic E-state index is 12.0. The van der Waals surface area contributed by atoms with E-state index >= 15 is 0 Å². The van der Waals surface area contributed by atoms with Gasteiger partial charge in [0.15, 0.2) is 18.2 Å². The highest BCUT2D eigenvalue weighted by Crippen LogP contribution is 2.85. The van der Waals surface area contributed by atoms with E-state index in [2.05, 4.69) is 0 Å². The second kappa shape index (κ2) is 4.78. The first-order valence-electron chi connectivity index (χ1n) is 10.3. The second-order valence-corrected chi connectivity index (χ2v) is 10.9. The van der Waals surface area contributed by atoms with E-state index in [1.807, 2.05) is 27.7 Å². The quantitative estimate of drug-likeness (QED) is 0.426. The summed E-state index contributed by atoms with van der Waals surface area (Å²) in [4.78, 5) is 0. The molecule has 6 rings (SSSR count). The fourth-order valence-electron chi connectivity index (χ4n) is 8.66. The van der Waals surface area contributed by atoms with Gasteiger partial charge in [-0.25, -0.2) is 0 Å². The zero-order valence-corrected chi connectivity index (χ0v) is 16.7. The normalized spacial score (nSPS) is 66.9. The van der Waals surface area contributed by atoms with Crippen LogP contribution in [-0.4, -0.2) is 81.8 Å². The van der Waals surface area contributed by atoms with Crippen molar-refractivity contribution < 1.29 is 39.4 Å². The van der Waals surface area contributed by atoms with Gasteiger partial charge in [-0.05, 0) is 11.8 Å².